The highest BCUT2D eigenvalue weighted by atomic mass is 19.3. The minimum absolute atomic E-state index is 0.00147. The number of nitrogens with zero attached hydrogens (tertiary/aromatic N) is 1. The van der Waals surface area contributed by atoms with E-state index in [0.717, 1.165) is 5.56 Å². The van der Waals surface area contributed by atoms with Crippen LogP contribution >= 0.6 is 0 Å². The molecule has 0 aliphatic carbocycles. The van der Waals surface area contributed by atoms with Gasteiger partial charge < -0.3 is 14.8 Å². The number of anilines is 1. The average Bonchev–Trinajstić information content (AvgIpc) is 3.19. The Balaban J connectivity index is 1.97. The Morgan fingerprint density at radius 3 is 2.70 bits per heavy atom. The predicted molar refractivity (Wildman–Crippen MR) is 105 cm³/mol. The summed E-state index contributed by atoms with van der Waals surface area (Å²) in [6.07, 6.45) is -2.76. The molecule has 7 nitrogen and oxygen atoms in total. The molecule has 9 heteroatoms. The summed E-state index contributed by atoms with van der Waals surface area (Å²) in [6, 6.07) is 9.92. The molecule has 3 rings (SSSR count). The van der Waals surface area contributed by atoms with Gasteiger partial charge in [-0.3, -0.25) is 10.0 Å². The molecule has 0 aromatic heterocycles. The first-order valence-corrected chi connectivity index (χ1v) is 8.99. The monoisotopic (exact) mass is 415 g/mol. The normalized spacial score (nSPS) is 12.4. The van der Waals surface area contributed by atoms with Gasteiger partial charge in [-0.2, -0.15) is 14.0 Å². The molecule has 0 spiro atoms. The van der Waals surface area contributed by atoms with Crippen LogP contribution in [0.4, 0.5) is 14.5 Å². The van der Waals surface area contributed by atoms with Crippen molar-refractivity contribution in [1.82, 2.24) is 5.48 Å². The Kier molecular flexibility index (Phi) is 5.89. The minimum atomic E-state index is -3.29. The first-order valence-electron chi connectivity index (χ1n) is 8.99. The Bertz CT molecular complexity index is 1020. The Labute approximate surface area is 171 Å². The van der Waals surface area contributed by atoms with Gasteiger partial charge in [-0.05, 0) is 23.8 Å². The molecule has 1 aliphatic heterocycles. The maximum absolute atomic E-state index is 13.0. The molecule has 0 fully saturated rings. The van der Waals surface area contributed by atoms with Gasteiger partial charge in [-0.25, -0.2) is 5.48 Å². The minimum Gasteiger partial charge on any atom is -0.492 e. The van der Waals surface area contributed by atoms with Gasteiger partial charge in [-0.1, -0.05) is 18.7 Å². The van der Waals surface area contributed by atoms with Crippen molar-refractivity contribution in [2.45, 2.75) is 19.5 Å². The molecule has 1 heterocycles. The van der Waals surface area contributed by atoms with E-state index in [-0.39, 0.29) is 17.9 Å². The van der Waals surface area contributed by atoms with Crippen LogP contribution < -0.4 is 20.3 Å². The first-order chi connectivity index (χ1) is 14.2. The van der Waals surface area contributed by atoms with Crippen molar-refractivity contribution < 1.29 is 28.3 Å². The fourth-order valence-corrected chi connectivity index (χ4v) is 3.13. The number of benzene rings is 2. The van der Waals surface area contributed by atoms with E-state index in [4.69, 9.17) is 9.94 Å². The quantitative estimate of drug-likeness (QED) is 0.363. The standard InChI is InChI=1S/C21H19F2N3O4/c1-12(20(27)26-28)11-25-18-9-16(19-15(7-8-29-19)17(18)10-24)13-3-5-14(6-4-13)30-21(2,22)23/h3-6,9,25,28H,1,7-8,11H2,2H3,(H,26,27). The number of hydrogen-bond donors (Lipinski definition) is 3. The van der Waals surface area contributed by atoms with Gasteiger partial charge in [0.25, 0.3) is 5.91 Å². The maximum Gasteiger partial charge on any atom is 0.394 e. The molecule has 2 aromatic rings. The van der Waals surface area contributed by atoms with Crippen molar-refractivity contribution in [3.8, 4) is 28.7 Å². The lowest BCUT2D eigenvalue weighted by atomic mass is 9.95. The second kappa shape index (κ2) is 8.39. The Morgan fingerprint density at radius 1 is 1.40 bits per heavy atom. The molecule has 3 N–H and O–H groups in total. The second-order valence-corrected chi connectivity index (χ2v) is 6.70. The SMILES string of the molecule is C=C(CNc1cc(-c2ccc(OC(C)(F)F)cc2)c2c(c1C#N)CCO2)C(=O)NO. The molecular weight excluding hydrogens is 396 g/mol. The Morgan fingerprint density at radius 2 is 2.10 bits per heavy atom. The molecule has 0 bridgehead atoms. The van der Waals surface area contributed by atoms with Gasteiger partial charge in [0.15, 0.2) is 0 Å². The summed E-state index contributed by atoms with van der Waals surface area (Å²) >= 11 is 0. The number of halogens is 2. The van der Waals surface area contributed by atoms with Crippen molar-refractivity contribution in [1.29, 1.82) is 5.26 Å². The molecule has 2 aromatic carbocycles. The number of hydrogen-bond acceptors (Lipinski definition) is 6. The third kappa shape index (κ3) is 4.50. The van der Waals surface area contributed by atoms with Gasteiger partial charge in [0.1, 0.15) is 17.6 Å². The molecule has 30 heavy (non-hydrogen) atoms. The summed E-state index contributed by atoms with van der Waals surface area (Å²) in [7, 11) is 0. The van der Waals surface area contributed by atoms with Crippen LogP contribution in [0.2, 0.25) is 0 Å². The number of carbonyl (C=O) groups is 1. The van der Waals surface area contributed by atoms with Gasteiger partial charge in [0.2, 0.25) is 0 Å². The van der Waals surface area contributed by atoms with Gasteiger partial charge in [0.05, 0.1) is 17.9 Å². The van der Waals surface area contributed by atoms with Crippen LogP contribution in [0.5, 0.6) is 11.5 Å². The van der Waals surface area contributed by atoms with Crippen LogP contribution in [0.3, 0.4) is 0 Å². The zero-order valence-corrected chi connectivity index (χ0v) is 16.1. The lowest BCUT2D eigenvalue weighted by Crippen LogP contribution is -2.24. The summed E-state index contributed by atoms with van der Waals surface area (Å²) < 4.78 is 36.4. The van der Waals surface area contributed by atoms with E-state index in [1.54, 1.807) is 18.2 Å². The highest BCUT2D eigenvalue weighted by Crippen LogP contribution is 2.42. The van der Waals surface area contributed by atoms with Crippen LogP contribution in [0.1, 0.15) is 18.1 Å². The number of carbonyl (C=O) groups excluding carboxylic acids is 1. The van der Waals surface area contributed by atoms with E-state index in [0.29, 0.717) is 48.1 Å². The molecule has 0 radical (unpaired) electrons. The molecule has 0 atom stereocenters. The van der Waals surface area contributed by atoms with Gasteiger partial charge >= 0.3 is 6.11 Å². The number of fused-ring (bicyclic) bond motifs is 1. The fourth-order valence-electron chi connectivity index (χ4n) is 3.13. The van der Waals surface area contributed by atoms with Crippen LogP contribution in [-0.4, -0.2) is 30.4 Å². The number of rotatable bonds is 7. The molecule has 0 saturated carbocycles. The van der Waals surface area contributed by atoms with E-state index >= 15 is 0 Å². The van der Waals surface area contributed by atoms with Crippen molar-refractivity contribution in [2.75, 3.05) is 18.5 Å². The highest BCUT2D eigenvalue weighted by Gasteiger charge is 2.26. The lowest BCUT2D eigenvalue weighted by molar-refractivity contribution is -0.158. The summed E-state index contributed by atoms with van der Waals surface area (Å²) in [5.74, 6) is -0.172. The number of nitrogens with one attached hydrogen (secondary N) is 2. The summed E-state index contributed by atoms with van der Waals surface area (Å²) in [5, 5.41) is 21.3. The average molecular weight is 415 g/mol. The topological polar surface area (TPSA) is 104 Å². The van der Waals surface area contributed by atoms with Crippen LogP contribution in [0.25, 0.3) is 11.1 Å². The van der Waals surface area contributed by atoms with E-state index in [1.165, 1.54) is 17.6 Å². The van der Waals surface area contributed by atoms with Gasteiger partial charge in [0, 0.05) is 36.6 Å². The number of hydroxylamine groups is 1. The largest absolute Gasteiger partial charge is 0.492 e. The highest BCUT2D eigenvalue weighted by molar-refractivity contribution is 5.93. The molecule has 0 saturated heterocycles. The maximum atomic E-state index is 13.0. The van der Waals surface area contributed by atoms with Crippen LogP contribution in [-0.2, 0) is 11.2 Å². The third-order valence-electron chi connectivity index (χ3n) is 4.47. The number of alkyl halides is 2. The summed E-state index contributed by atoms with van der Waals surface area (Å²) in [5.41, 5.74) is 4.48. The van der Waals surface area contributed by atoms with Crippen LogP contribution in [0, 0.1) is 11.3 Å². The van der Waals surface area contributed by atoms with Crippen molar-refractivity contribution in [3.63, 3.8) is 0 Å². The molecule has 0 unspecified atom stereocenters. The first kappa shape index (κ1) is 21.1. The van der Waals surface area contributed by atoms with Crippen molar-refractivity contribution >= 4 is 11.6 Å². The second-order valence-electron chi connectivity index (χ2n) is 6.70. The van der Waals surface area contributed by atoms with E-state index in [1.807, 2.05) is 0 Å². The van der Waals surface area contributed by atoms with E-state index < -0.39 is 12.0 Å². The Hall–Kier alpha value is -3.64. The van der Waals surface area contributed by atoms with Crippen molar-refractivity contribution in [2.24, 2.45) is 0 Å². The van der Waals surface area contributed by atoms with E-state index in [9.17, 15) is 18.8 Å². The fraction of sp³-hybridized carbons (Fsp3) is 0.238. The lowest BCUT2D eigenvalue weighted by Gasteiger charge is -2.16. The smallest absolute Gasteiger partial charge is 0.394 e. The van der Waals surface area contributed by atoms with Gasteiger partial charge in [-0.15, -0.1) is 0 Å². The molecular formula is C21H19F2N3O4. The summed E-state index contributed by atoms with van der Waals surface area (Å²) in [4.78, 5) is 11.4. The number of nitriles is 1. The third-order valence-corrected chi connectivity index (χ3v) is 4.47. The number of ether oxygens (including phenoxy) is 2. The number of amides is 1. The molecule has 1 aliphatic rings. The molecule has 156 valence electrons. The zero-order valence-electron chi connectivity index (χ0n) is 16.1. The van der Waals surface area contributed by atoms with Crippen molar-refractivity contribution in [3.05, 3.63) is 53.6 Å². The predicted octanol–water partition coefficient (Wildman–Crippen LogP) is 3.63. The van der Waals surface area contributed by atoms with E-state index in [2.05, 4.69) is 22.7 Å². The molecule has 1 amide bonds. The summed E-state index contributed by atoms with van der Waals surface area (Å²) in [6.45, 7) is 4.63. The van der Waals surface area contributed by atoms with Crippen LogP contribution in [0.15, 0.2) is 42.5 Å². The zero-order chi connectivity index (χ0) is 21.9.